The van der Waals surface area contributed by atoms with E-state index in [1.54, 1.807) is 12.1 Å². The molecular formula is C17H25FO2. The summed E-state index contributed by atoms with van der Waals surface area (Å²) in [5.41, 5.74) is 0.238. The minimum absolute atomic E-state index is 0.203. The molecule has 0 radical (unpaired) electrons. The number of unbranched alkanes of at least 4 members (excludes halogenated alkanes) is 2. The largest absolute Gasteiger partial charge is 0.468 e. The molecule has 3 heteroatoms. The van der Waals surface area contributed by atoms with E-state index in [1.807, 2.05) is 0 Å². The Hall–Kier alpha value is -1.38. The summed E-state index contributed by atoms with van der Waals surface area (Å²) in [5.74, 6) is -0.482. The van der Waals surface area contributed by atoms with Crippen LogP contribution in [-0.2, 0) is 14.9 Å². The van der Waals surface area contributed by atoms with Gasteiger partial charge in [-0.3, -0.25) is 4.79 Å². The fraction of sp³-hybridized carbons (Fsp3) is 0.588. The zero-order valence-electron chi connectivity index (χ0n) is 12.7. The van der Waals surface area contributed by atoms with E-state index >= 15 is 0 Å². The van der Waals surface area contributed by atoms with E-state index < -0.39 is 5.41 Å². The highest BCUT2D eigenvalue weighted by Crippen LogP contribution is 2.36. The summed E-state index contributed by atoms with van der Waals surface area (Å²) < 4.78 is 18.2. The van der Waals surface area contributed by atoms with Gasteiger partial charge in [0, 0.05) is 0 Å². The van der Waals surface area contributed by atoms with Crippen LogP contribution >= 0.6 is 0 Å². The third kappa shape index (κ3) is 3.81. The zero-order valence-corrected chi connectivity index (χ0v) is 12.7. The molecule has 0 fully saturated rings. The van der Waals surface area contributed by atoms with Crippen LogP contribution in [0.3, 0.4) is 0 Å². The summed E-state index contributed by atoms with van der Waals surface area (Å²) in [4.78, 5) is 12.4. The van der Waals surface area contributed by atoms with Crippen LogP contribution in [0.15, 0.2) is 24.3 Å². The van der Waals surface area contributed by atoms with Gasteiger partial charge < -0.3 is 4.74 Å². The Morgan fingerprint density at radius 2 is 1.60 bits per heavy atom. The summed E-state index contributed by atoms with van der Waals surface area (Å²) in [6.45, 7) is 4.21. The summed E-state index contributed by atoms with van der Waals surface area (Å²) in [5, 5.41) is 0. The third-order valence-electron chi connectivity index (χ3n) is 3.89. The second kappa shape index (κ2) is 8.03. The molecule has 0 amide bonds. The van der Waals surface area contributed by atoms with Crippen LogP contribution < -0.4 is 0 Å². The Morgan fingerprint density at radius 1 is 1.10 bits per heavy atom. The van der Waals surface area contributed by atoms with Crippen molar-refractivity contribution in [3.63, 3.8) is 0 Å². The van der Waals surface area contributed by atoms with Crippen molar-refractivity contribution < 1.29 is 13.9 Å². The molecule has 1 rings (SSSR count). The van der Waals surface area contributed by atoms with Crippen molar-refractivity contribution in [1.29, 1.82) is 0 Å². The maximum atomic E-state index is 13.1. The molecule has 1 aromatic carbocycles. The Kier molecular flexibility index (Phi) is 6.69. The summed E-state index contributed by atoms with van der Waals surface area (Å²) in [6.07, 6.45) is 5.45. The highest BCUT2D eigenvalue weighted by atomic mass is 19.1. The van der Waals surface area contributed by atoms with Crippen LogP contribution in [0.4, 0.5) is 4.39 Å². The first-order valence-corrected chi connectivity index (χ1v) is 7.45. The van der Waals surface area contributed by atoms with Crippen LogP contribution in [0.5, 0.6) is 0 Å². The van der Waals surface area contributed by atoms with E-state index in [4.69, 9.17) is 4.74 Å². The molecule has 0 spiro atoms. The van der Waals surface area contributed by atoms with Crippen molar-refractivity contribution in [2.24, 2.45) is 0 Å². The predicted octanol–water partition coefficient (Wildman–Crippen LogP) is 4.62. The molecule has 0 aliphatic rings. The molecule has 1 aromatic rings. The lowest BCUT2D eigenvalue weighted by atomic mass is 9.72. The van der Waals surface area contributed by atoms with Gasteiger partial charge in [0.05, 0.1) is 12.5 Å². The molecule has 0 bridgehead atoms. The second-order valence-corrected chi connectivity index (χ2v) is 5.29. The number of halogens is 1. The molecule has 0 aliphatic carbocycles. The van der Waals surface area contributed by atoms with Gasteiger partial charge in [-0.15, -0.1) is 0 Å². The quantitative estimate of drug-likeness (QED) is 0.650. The molecule has 0 heterocycles. The molecule has 0 aromatic heterocycles. The van der Waals surface area contributed by atoms with Gasteiger partial charge in [0.25, 0.3) is 0 Å². The maximum Gasteiger partial charge on any atom is 0.316 e. The molecule has 0 N–H and O–H groups in total. The lowest BCUT2D eigenvalue weighted by Gasteiger charge is -2.31. The number of methoxy groups -OCH3 is 1. The van der Waals surface area contributed by atoms with E-state index in [-0.39, 0.29) is 11.8 Å². The van der Waals surface area contributed by atoms with E-state index in [0.717, 1.165) is 44.1 Å². The molecule has 0 aliphatic heterocycles. The maximum absolute atomic E-state index is 13.1. The topological polar surface area (TPSA) is 26.3 Å². The summed E-state index contributed by atoms with van der Waals surface area (Å²) in [6, 6.07) is 6.28. The molecule has 0 unspecified atom stereocenters. The van der Waals surface area contributed by atoms with Gasteiger partial charge in [-0.05, 0) is 30.5 Å². The smallest absolute Gasteiger partial charge is 0.316 e. The van der Waals surface area contributed by atoms with Crippen molar-refractivity contribution in [3.05, 3.63) is 35.6 Å². The van der Waals surface area contributed by atoms with Gasteiger partial charge in [0.2, 0.25) is 0 Å². The fourth-order valence-electron chi connectivity index (χ4n) is 2.66. The van der Waals surface area contributed by atoms with Crippen molar-refractivity contribution in [2.75, 3.05) is 7.11 Å². The van der Waals surface area contributed by atoms with Gasteiger partial charge >= 0.3 is 5.97 Å². The first-order chi connectivity index (χ1) is 9.60. The van der Waals surface area contributed by atoms with Crippen LogP contribution in [-0.4, -0.2) is 13.1 Å². The number of rotatable bonds is 8. The lowest BCUT2D eigenvalue weighted by molar-refractivity contribution is -0.148. The molecule has 2 nitrogen and oxygen atoms in total. The minimum atomic E-state index is -0.630. The van der Waals surface area contributed by atoms with Gasteiger partial charge in [-0.2, -0.15) is 0 Å². The van der Waals surface area contributed by atoms with Crippen molar-refractivity contribution >= 4 is 5.97 Å². The first-order valence-electron chi connectivity index (χ1n) is 7.45. The average molecular weight is 280 g/mol. The van der Waals surface area contributed by atoms with Crippen molar-refractivity contribution in [2.45, 2.75) is 57.8 Å². The number of benzene rings is 1. The second-order valence-electron chi connectivity index (χ2n) is 5.29. The van der Waals surface area contributed by atoms with Gasteiger partial charge in [0.15, 0.2) is 0 Å². The van der Waals surface area contributed by atoms with Gasteiger partial charge in [-0.1, -0.05) is 51.7 Å². The van der Waals surface area contributed by atoms with E-state index in [9.17, 15) is 9.18 Å². The van der Waals surface area contributed by atoms with Gasteiger partial charge in [-0.25, -0.2) is 4.39 Å². The number of hydrogen-bond acceptors (Lipinski definition) is 2. The van der Waals surface area contributed by atoms with Crippen LogP contribution in [0, 0.1) is 5.82 Å². The standard InChI is InChI=1S/C17H25FO2/c1-4-6-12-17(13-7-5-2,16(19)20-3)14-8-10-15(18)11-9-14/h8-11H,4-7,12-13H2,1-3H3. The van der Waals surface area contributed by atoms with Crippen LogP contribution in [0.1, 0.15) is 57.9 Å². The SMILES string of the molecule is CCCCC(CCCC)(C(=O)OC)c1ccc(F)cc1. The van der Waals surface area contributed by atoms with E-state index in [2.05, 4.69) is 13.8 Å². The number of ether oxygens (including phenoxy) is 1. The first kappa shape index (κ1) is 16.7. The Bertz CT molecular complexity index is 404. The fourth-order valence-corrected chi connectivity index (χ4v) is 2.66. The van der Waals surface area contributed by atoms with Crippen LogP contribution in [0.2, 0.25) is 0 Å². The predicted molar refractivity (Wildman–Crippen MR) is 79.1 cm³/mol. The highest BCUT2D eigenvalue weighted by molar-refractivity contribution is 5.83. The Balaban J connectivity index is 3.18. The van der Waals surface area contributed by atoms with Crippen molar-refractivity contribution in [1.82, 2.24) is 0 Å². The van der Waals surface area contributed by atoms with Crippen LogP contribution in [0.25, 0.3) is 0 Å². The monoisotopic (exact) mass is 280 g/mol. The normalized spacial score (nSPS) is 11.4. The average Bonchev–Trinajstić information content (AvgIpc) is 2.48. The molecule has 0 saturated heterocycles. The summed E-state index contributed by atoms with van der Waals surface area (Å²) >= 11 is 0. The van der Waals surface area contributed by atoms with E-state index in [1.165, 1.54) is 19.2 Å². The zero-order chi connectivity index (χ0) is 15.0. The van der Waals surface area contributed by atoms with Crippen molar-refractivity contribution in [3.8, 4) is 0 Å². The number of carbonyl (C=O) groups excluding carboxylic acids is 1. The van der Waals surface area contributed by atoms with E-state index in [0.29, 0.717) is 0 Å². The Labute approximate surface area is 121 Å². The molecule has 0 atom stereocenters. The summed E-state index contributed by atoms with van der Waals surface area (Å²) in [7, 11) is 1.43. The number of hydrogen-bond donors (Lipinski definition) is 0. The number of esters is 1. The molecule has 112 valence electrons. The molecule has 0 saturated carbocycles. The highest BCUT2D eigenvalue weighted by Gasteiger charge is 2.40. The molecular weight excluding hydrogens is 255 g/mol. The minimum Gasteiger partial charge on any atom is -0.468 e. The number of carbonyl (C=O) groups is 1. The Morgan fingerprint density at radius 3 is 2.00 bits per heavy atom. The third-order valence-corrected chi connectivity index (χ3v) is 3.89. The van der Waals surface area contributed by atoms with Gasteiger partial charge in [0.1, 0.15) is 5.82 Å². The lowest BCUT2D eigenvalue weighted by Crippen LogP contribution is -2.37. The molecule has 20 heavy (non-hydrogen) atoms.